The summed E-state index contributed by atoms with van der Waals surface area (Å²) < 4.78 is 1.82. The molecule has 1 N–H and O–H groups in total. The topological polar surface area (TPSA) is 37.8 Å². The van der Waals surface area contributed by atoms with Crippen molar-refractivity contribution in [1.29, 1.82) is 0 Å². The molecule has 3 nitrogen and oxygen atoms in total. The number of nitrogens with one attached hydrogen (secondary N) is 1. The molecule has 1 heterocycles. The standard InChI is InChI=1S/C12H14N2O/c1-8-4-5-11(9(2)6-8)14-10(3)7-12(15)13-14/h4-7H,1-3H3,(H,13,15). The zero-order chi connectivity index (χ0) is 11.0. The molecule has 2 rings (SSSR count). The van der Waals surface area contributed by atoms with E-state index in [4.69, 9.17) is 0 Å². The van der Waals surface area contributed by atoms with Gasteiger partial charge in [-0.2, -0.15) is 0 Å². The summed E-state index contributed by atoms with van der Waals surface area (Å²) in [5, 5.41) is 2.78. The van der Waals surface area contributed by atoms with Gasteiger partial charge >= 0.3 is 0 Å². The van der Waals surface area contributed by atoms with Crippen LogP contribution in [0.1, 0.15) is 16.8 Å². The van der Waals surface area contributed by atoms with Crippen LogP contribution in [0.25, 0.3) is 5.69 Å². The monoisotopic (exact) mass is 202 g/mol. The van der Waals surface area contributed by atoms with Gasteiger partial charge in [0.2, 0.25) is 0 Å². The summed E-state index contributed by atoms with van der Waals surface area (Å²) >= 11 is 0. The van der Waals surface area contributed by atoms with E-state index in [1.54, 1.807) is 6.07 Å². The van der Waals surface area contributed by atoms with Gasteiger partial charge in [-0.1, -0.05) is 17.7 Å². The molecular weight excluding hydrogens is 188 g/mol. The van der Waals surface area contributed by atoms with Crippen LogP contribution in [0, 0.1) is 20.8 Å². The van der Waals surface area contributed by atoms with E-state index in [1.807, 2.05) is 30.7 Å². The van der Waals surface area contributed by atoms with Gasteiger partial charge in [0, 0.05) is 11.8 Å². The summed E-state index contributed by atoms with van der Waals surface area (Å²) in [6.07, 6.45) is 0. The lowest BCUT2D eigenvalue weighted by atomic mass is 10.1. The van der Waals surface area contributed by atoms with E-state index in [-0.39, 0.29) is 5.56 Å². The second-order valence-electron chi connectivity index (χ2n) is 3.89. The lowest BCUT2D eigenvalue weighted by Gasteiger charge is -2.09. The van der Waals surface area contributed by atoms with Crippen molar-refractivity contribution in [2.75, 3.05) is 0 Å². The van der Waals surface area contributed by atoms with Crippen LogP contribution < -0.4 is 5.56 Å². The number of rotatable bonds is 1. The Morgan fingerprint density at radius 2 is 1.87 bits per heavy atom. The molecule has 1 aromatic carbocycles. The highest BCUT2D eigenvalue weighted by atomic mass is 16.1. The van der Waals surface area contributed by atoms with Gasteiger partial charge in [-0.05, 0) is 32.4 Å². The molecule has 1 aromatic heterocycles. The van der Waals surface area contributed by atoms with E-state index in [1.165, 1.54) is 5.56 Å². The normalized spacial score (nSPS) is 10.6. The minimum Gasteiger partial charge on any atom is -0.268 e. The predicted octanol–water partition coefficient (Wildman–Crippen LogP) is 2.09. The van der Waals surface area contributed by atoms with Crippen LogP contribution in [0.15, 0.2) is 29.1 Å². The molecule has 3 heteroatoms. The largest absolute Gasteiger partial charge is 0.268 e. The van der Waals surface area contributed by atoms with Crippen LogP contribution in [0.3, 0.4) is 0 Å². The van der Waals surface area contributed by atoms with Crippen molar-refractivity contribution in [3.05, 3.63) is 51.4 Å². The van der Waals surface area contributed by atoms with Gasteiger partial charge in [-0.25, -0.2) is 0 Å². The van der Waals surface area contributed by atoms with Gasteiger partial charge in [-0.15, -0.1) is 0 Å². The Hall–Kier alpha value is -1.77. The number of aromatic amines is 1. The maximum absolute atomic E-state index is 11.2. The molecule has 0 bridgehead atoms. The molecule has 0 spiro atoms. The first kappa shape index (κ1) is 9.77. The smallest absolute Gasteiger partial charge is 0.264 e. The molecule has 0 saturated heterocycles. The highest BCUT2D eigenvalue weighted by Crippen LogP contribution is 2.15. The number of hydrogen-bond acceptors (Lipinski definition) is 1. The second-order valence-corrected chi connectivity index (χ2v) is 3.89. The van der Waals surface area contributed by atoms with Crippen LogP contribution in [-0.4, -0.2) is 9.78 Å². The predicted molar refractivity (Wildman–Crippen MR) is 60.6 cm³/mol. The van der Waals surface area contributed by atoms with E-state index < -0.39 is 0 Å². The zero-order valence-corrected chi connectivity index (χ0v) is 9.16. The van der Waals surface area contributed by atoms with Gasteiger partial charge in [0.1, 0.15) is 0 Å². The van der Waals surface area contributed by atoms with E-state index >= 15 is 0 Å². The minimum absolute atomic E-state index is 0.0625. The van der Waals surface area contributed by atoms with E-state index in [9.17, 15) is 4.79 Å². The highest BCUT2D eigenvalue weighted by Gasteiger charge is 2.04. The third-order valence-electron chi connectivity index (χ3n) is 2.51. The average molecular weight is 202 g/mol. The molecule has 0 atom stereocenters. The Bertz CT molecular complexity index is 549. The highest BCUT2D eigenvalue weighted by molar-refractivity contribution is 5.42. The number of hydrogen-bond donors (Lipinski definition) is 1. The van der Waals surface area contributed by atoms with E-state index in [2.05, 4.69) is 18.1 Å². The Morgan fingerprint density at radius 3 is 2.40 bits per heavy atom. The van der Waals surface area contributed by atoms with E-state index in [0.29, 0.717) is 0 Å². The lowest BCUT2D eigenvalue weighted by molar-refractivity contribution is 0.827. The van der Waals surface area contributed by atoms with Crippen molar-refractivity contribution in [3.8, 4) is 5.69 Å². The minimum atomic E-state index is -0.0625. The molecule has 2 aromatic rings. The van der Waals surface area contributed by atoms with Crippen LogP contribution >= 0.6 is 0 Å². The van der Waals surface area contributed by atoms with Gasteiger partial charge in [0.15, 0.2) is 0 Å². The number of benzene rings is 1. The number of H-pyrrole nitrogens is 1. The first-order chi connectivity index (χ1) is 7.08. The molecular formula is C12H14N2O. The summed E-state index contributed by atoms with van der Waals surface area (Å²) in [6, 6.07) is 7.76. The number of nitrogens with zero attached hydrogens (tertiary/aromatic N) is 1. The Balaban J connectivity index is 2.64. The number of aryl methyl sites for hydroxylation is 3. The molecule has 0 amide bonds. The third kappa shape index (κ3) is 1.73. The Labute approximate surface area is 88.4 Å². The van der Waals surface area contributed by atoms with Crippen LogP contribution in [-0.2, 0) is 0 Å². The second kappa shape index (κ2) is 3.42. The lowest BCUT2D eigenvalue weighted by Crippen LogP contribution is -2.05. The van der Waals surface area contributed by atoms with Crippen molar-refractivity contribution in [2.24, 2.45) is 0 Å². The third-order valence-corrected chi connectivity index (χ3v) is 2.51. The molecule has 0 aliphatic rings. The average Bonchev–Trinajstić information content (AvgIpc) is 2.45. The van der Waals surface area contributed by atoms with Crippen molar-refractivity contribution in [1.82, 2.24) is 9.78 Å². The molecule has 0 aliphatic heterocycles. The van der Waals surface area contributed by atoms with Crippen LogP contribution in [0.4, 0.5) is 0 Å². The molecule has 0 radical (unpaired) electrons. The summed E-state index contributed by atoms with van der Waals surface area (Å²) in [4.78, 5) is 11.2. The quantitative estimate of drug-likeness (QED) is 0.755. The first-order valence-corrected chi connectivity index (χ1v) is 4.94. The van der Waals surface area contributed by atoms with Crippen molar-refractivity contribution in [3.63, 3.8) is 0 Å². The maximum Gasteiger partial charge on any atom is 0.264 e. The fourth-order valence-corrected chi connectivity index (χ4v) is 1.79. The Kier molecular flexibility index (Phi) is 2.23. The Morgan fingerprint density at radius 1 is 1.13 bits per heavy atom. The number of aromatic nitrogens is 2. The van der Waals surface area contributed by atoms with Crippen molar-refractivity contribution >= 4 is 0 Å². The molecule has 15 heavy (non-hydrogen) atoms. The molecule has 78 valence electrons. The summed E-state index contributed by atoms with van der Waals surface area (Å²) in [5.74, 6) is 0. The van der Waals surface area contributed by atoms with Crippen LogP contribution in [0.5, 0.6) is 0 Å². The molecule has 0 aliphatic carbocycles. The first-order valence-electron chi connectivity index (χ1n) is 4.94. The molecule has 0 saturated carbocycles. The van der Waals surface area contributed by atoms with Crippen LogP contribution in [0.2, 0.25) is 0 Å². The summed E-state index contributed by atoms with van der Waals surface area (Å²) in [5.41, 5.74) is 4.27. The maximum atomic E-state index is 11.2. The molecule has 0 fully saturated rings. The fourth-order valence-electron chi connectivity index (χ4n) is 1.79. The SMILES string of the molecule is Cc1ccc(-n2[nH]c(=O)cc2C)c(C)c1. The zero-order valence-electron chi connectivity index (χ0n) is 9.16. The summed E-state index contributed by atoms with van der Waals surface area (Å²) in [6.45, 7) is 6.01. The molecule has 0 unspecified atom stereocenters. The van der Waals surface area contributed by atoms with Crippen molar-refractivity contribution in [2.45, 2.75) is 20.8 Å². The van der Waals surface area contributed by atoms with Crippen molar-refractivity contribution < 1.29 is 0 Å². The van der Waals surface area contributed by atoms with Gasteiger partial charge in [0.05, 0.1) is 5.69 Å². The van der Waals surface area contributed by atoms with Gasteiger partial charge < -0.3 is 0 Å². The van der Waals surface area contributed by atoms with Gasteiger partial charge in [-0.3, -0.25) is 14.6 Å². The van der Waals surface area contributed by atoms with E-state index in [0.717, 1.165) is 16.9 Å². The summed E-state index contributed by atoms with van der Waals surface area (Å²) in [7, 11) is 0. The van der Waals surface area contributed by atoms with Gasteiger partial charge in [0.25, 0.3) is 5.56 Å². The fraction of sp³-hybridized carbons (Fsp3) is 0.250.